The molecule has 0 amide bonds. The van der Waals surface area contributed by atoms with Crippen LogP contribution in [0.4, 0.5) is 4.39 Å². The summed E-state index contributed by atoms with van der Waals surface area (Å²) in [7, 11) is -1.30. The molecule has 0 aliphatic carbocycles. The van der Waals surface area contributed by atoms with E-state index in [9.17, 15) is 4.39 Å². The molecule has 0 unspecified atom stereocenters. The summed E-state index contributed by atoms with van der Waals surface area (Å²) in [5.41, 5.74) is 6.03. The van der Waals surface area contributed by atoms with E-state index in [2.05, 4.69) is 128 Å². The molecule has 0 aliphatic heterocycles. The topological polar surface area (TPSA) is 51.8 Å². The fourth-order valence-electron chi connectivity index (χ4n) is 5.94. The molecule has 7 heteroatoms. The minimum atomic E-state index is -1.30. The minimum Gasteiger partial charge on any atom is -0.500 e. The molecule has 0 N–H and O–H groups in total. The maximum Gasteiger partial charge on any atom is 0.128 e. The second-order valence-corrected chi connectivity index (χ2v) is 19.2. The number of furan rings is 1. The molecule has 0 saturated carbocycles. The molecule has 0 atom stereocenters. The number of fused-ring (bicyclic) bond motifs is 7. The Balaban J connectivity index is 0.000000198. The summed E-state index contributed by atoms with van der Waals surface area (Å²) in [5, 5.41) is 8.30. The summed E-state index contributed by atoms with van der Waals surface area (Å²) in [6.07, 6.45) is 3.56. The number of nitrogens with zero attached hydrogens (tertiary/aromatic N) is 3. The van der Waals surface area contributed by atoms with E-state index in [4.69, 9.17) is 4.42 Å². The first-order valence-electron chi connectivity index (χ1n) is 16.1. The van der Waals surface area contributed by atoms with Gasteiger partial charge < -0.3 is 9.40 Å². The van der Waals surface area contributed by atoms with Crippen LogP contribution in [0.3, 0.4) is 0 Å². The monoisotopic (exact) mass is 838 g/mol. The predicted octanol–water partition coefficient (Wildman–Crippen LogP) is 10.7. The van der Waals surface area contributed by atoms with Crippen molar-refractivity contribution >= 4 is 56.7 Å². The van der Waals surface area contributed by atoms with Crippen LogP contribution in [0, 0.1) is 17.9 Å². The van der Waals surface area contributed by atoms with Gasteiger partial charge in [-0.3, -0.25) is 9.37 Å². The Labute approximate surface area is 300 Å². The molecule has 3 heterocycles. The Morgan fingerprint density at radius 1 is 0.694 bits per heavy atom. The average molecular weight is 838 g/mol. The molecule has 0 bridgehead atoms. The van der Waals surface area contributed by atoms with Crippen LogP contribution in [-0.2, 0) is 25.5 Å². The van der Waals surface area contributed by atoms with Gasteiger partial charge in [0.1, 0.15) is 11.9 Å². The Morgan fingerprint density at radius 2 is 1.43 bits per heavy atom. The number of rotatable bonds is 3. The fourth-order valence-corrected chi connectivity index (χ4v) is 6.98. The average Bonchev–Trinajstić information content (AvgIpc) is 3.48. The van der Waals surface area contributed by atoms with Crippen molar-refractivity contribution in [3.8, 4) is 22.5 Å². The molecule has 3 aromatic heterocycles. The van der Waals surface area contributed by atoms with E-state index in [1.165, 1.54) is 33.5 Å². The molecule has 0 spiro atoms. The van der Waals surface area contributed by atoms with E-state index in [0.29, 0.717) is 0 Å². The van der Waals surface area contributed by atoms with Crippen molar-refractivity contribution in [2.75, 3.05) is 0 Å². The molecular weight excluding hydrogens is 802 g/mol. The van der Waals surface area contributed by atoms with Crippen LogP contribution in [0.5, 0.6) is 0 Å². The van der Waals surface area contributed by atoms with Gasteiger partial charge in [-0.15, -0.1) is 48.0 Å². The Hall–Kier alpha value is -4.55. The SMILES string of the molecule is CC(C)(C)c1cc(-c2[c-]ccc3c2oc2c3ccc3c4ccccc4ccc32)ncn1.C[Si](C)(C)c1ccc(-c2[c-]cc(F)cc2)nc1.[Ir]. The fraction of sp³-hybridized carbons (Fsp3) is 0.167. The normalized spacial score (nSPS) is 11.8. The van der Waals surface area contributed by atoms with Gasteiger partial charge in [0.25, 0.3) is 0 Å². The Bertz CT molecular complexity index is 2430. The second kappa shape index (κ2) is 13.4. The maximum atomic E-state index is 12.8. The predicted molar refractivity (Wildman–Crippen MR) is 199 cm³/mol. The van der Waals surface area contributed by atoms with Crippen LogP contribution in [-0.4, -0.2) is 23.0 Å². The van der Waals surface area contributed by atoms with Crippen LogP contribution >= 0.6 is 0 Å². The van der Waals surface area contributed by atoms with Crippen molar-refractivity contribution in [3.05, 3.63) is 133 Å². The van der Waals surface area contributed by atoms with E-state index < -0.39 is 8.07 Å². The van der Waals surface area contributed by atoms with E-state index in [1.807, 2.05) is 24.4 Å². The molecule has 8 rings (SSSR count). The first-order chi connectivity index (χ1) is 23.0. The van der Waals surface area contributed by atoms with Crippen molar-refractivity contribution in [1.82, 2.24) is 15.0 Å². The zero-order chi connectivity index (χ0) is 33.6. The van der Waals surface area contributed by atoms with Crippen molar-refractivity contribution in [3.63, 3.8) is 0 Å². The van der Waals surface area contributed by atoms with Crippen molar-refractivity contribution in [2.24, 2.45) is 0 Å². The summed E-state index contributed by atoms with van der Waals surface area (Å²) < 4.78 is 19.3. The van der Waals surface area contributed by atoms with Crippen LogP contribution in [0.25, 0.3) is 66.0 Å². The van der Waals surface area contributed by atoms with Crippen LogP contribution in [0.1, 0.15) is 26.5 Å². The van der Waals surface area contributed by atoms with Gasteiger partial charge in [0.05, 0.1) is 13.7 Å². The molecule has 247 valence electrons. The zero-order valence-corrected chi connectivity index (χ0v) is 31.7. The molecule has 1 radical (unpaired) electrons. The molecular formula is C42H36FIrN3OSi-2. The van der Waals surface area contributed by atoms with E-state index in [0.717, 1.165) is 55.5 Å². The van der Waals surface area contributed by atoms with Gasteiger partial charge in [0, 0.05) is 54.0 Å². The van der Waals surface area contributed by atoms with Gasteiger partial charge in [-0.2, -0.15) is 0 Å². The molecule has 8 aromatic rings. The molecule has 5 aromatic carbocycles. The summed E-state index contributed by atoms with van der Waals surface area (Å²) in [6.45, 7) is 13.3. The quantitative estimate of drug-likeness (QED) is 0.101. The van der Waals surface area contributed by atoms with Gasteiger partial charge in [-0.05, 0) is 32.7 Å². The summed E-state index contributed by atoms with van der Waals surface area (Å²) in [6, 6.07) is 38.0. The third-order valence-corrected chi connectivity index (χ3v) is 10.7. The van der Waals surface area contributed by atoms with Gasteiger partial charge >= 0.3 is 0 Å². The van der Waals surface area contributed by atoms with Gasteiger partial charge in [-0.1, -0.05) is 118 Å². The third-order valence-electron chi connectivity index (χ3n) is 8.69. The molecule has 0 saturated heterocycles. The Morgan fingerprint density at radius 3 is 2.14 bits per heavy atom. The number of halogens is 1. The van der Waals surface area contributed by atoms with Crippen molar-refractivity contribution < 1.29 is 28.9 Å². The van der Waals surface area contributed by atoms with Gasteiger partial charge in [0.2, 0.25) is 0 Å². The van der Waals surface area contributed by atoms with Crippen LogP contribution < -0.4 is 5.19 Å². The number of hydrogen-bond acceptors (Lipinski definition) is 4. The standard InChI is InChI=1S/C28H21N2O.C14H15FNSi.Ir/c1-28(2,3)25-15-24(29-16-30-25)23-10-6-9-20-22-14-13-19-18-8-5-4-7-17(18)11-12-21(19)26(22)31-27(20)23;1-17(2,3)13-8-9-14(16-10-13)11-4-6-12(15)7-5-11;/h4-9,11-16H,1-3H3;4,6-10H,1-3H3;/q2*-1;. The number of hydrogen-bond donors (Lipinski definition) is 0. The zero-order valence-electron chi connectivity index (χ0n) is 28.4. The maximum absolute atomic E-state index is 12.8. The Kier molecular flexibility index (Phi) is 9.38. The minimum absolute atomic E-state index is 0. The van der Waals surface area contributed by atoms with E-state index >= 15 is 0 Å². The molecule has 0 aliphatic rings. The number of aromatic nitrogens is 3. The smallest absolute Gasteiger partial charge is 0.128 e. The molecule has 49 heavy (non-hydrogen) atoms. The van der Waals surface area contributed by atoms with Crippen molar-refractivity contribution in [1.29, 1.82) is 0 Å². The number of pyridine rings is 1. The number of benzene rings is 5. The van der Waals surface area contributed by atoms with Crippen molar-refractivity contribution in [2.45, 2.75) is 45.8 Å². The largest absolute Gasteiger partial charge is 0.500 e. The summed E-state index contributed by atoms with van der Waals surface area (Å²) >= 11 is 0. The van der Waals surface area contributed by atoms with E-state index in [1.54, 1.807) is 12.4 Å². The van der Waals surface area contributed by atoms with Gasteiger partial charge in [0.15, 0.2) is 0 Å². The first-order valence-corrected chi connectivity index (χ1v) is 19.6. The van der Waals surface area contributed by atoms with Crippen LogP contribution in [0.15, 0.2) is 114 Å². The molecule has 0 fully saturated rings. The first kappa shape index (κ1) is 34.3. The van der Waals surface area contributed by atoms with Crippen LogP contribution in [0.2, 0.25) is 19.6 Å². The third kappa shape index (κ3) is 6.84. The van der Waals surface area contributed by atoms with E-state index in [-0.39, 0.29) is 31.3 Å². The summed E-state index contributed by atoms with van der Waals surface area (Å²) in [4.78, 5) is 13.4. The summed E-state index contributed by atoms with van der Waals surface area (Å²) in [5.74, 6) is -0.271. The molecule has 4 nitrogen and oxygen atoms in total. The second-order valence-electron chi connectivity index (χ2n) is 14.2. The van der Waals surface area contributed by atoms with Gasteiger partial charge in [-0.25, -0.2) is 4.98 Å².